The minimum atomic E-state index is -0.481. The molecule has 0 bridgehead atoms. The van der Waals surface area contributed by atoms with Crippen molar-refractivity contribution in [2.45, 2.75) is 45.8 Å². The molecule has 1 amide bonds. The van der Waals surface area contributed by atoms with Gasteiger partial charge in [0.25, 0.3) is 0 Å². The van der Waals surface area contributed by atoms with Crippen molar-refractivity contribution in [3.05, 3.63) is 24.2 Å². The van der Waals surface area contributed by atoms with Crippen molar-refractivity contribution >= 4 is 6.09 Å². The maximum Gasteiger partial charge on any atom is 0.408 e. The zero-order chi connectivity index (χ0) is 12.2. The summed E-state index contributed by atoms with van der Waals surface area (Å²) in [5, 5.41) is 2.77. The van der Waals surface area contributed by atoms with Gasteiger partial charge in [0.1, 0.15) is 11.4 Å². The Morgan fingerprint density at radius 2 is 2.25 bits per heavy atom. The monoisotopic (exact) mass is 225 g/mol. The zero-order valence-electron chi connectivity index (χ0n) is 10.2. The van der Waals surface area contributed by atoms with E-state index >= 15 is 0 Å². The lowest BCUT2D eigenvalue weighted by molar-refractivity contribution is 0.0496. The second kappa shape index (κ2) is 5.05. The highest BCUT2D eigenvalue weighted by Crippen LogP contribution is 2.17. The van der Waals surface area contributed by atoms with Gasteiger partial charge in [-0.15, -0.1) is 0 Å². The summed E-state index contributed by atoms with van der Waals surface area (Å²) in [5.74, 6) is 0.744. The molecule has 0 saturated heterocycles. The molecule has 4 heteroatoms. The lowest BCUT2D eigenvalue weighted by atomic mass is 10.2. The van der Waals surface area contributed by atoms with Gasteiger partial charge in [-0.3, -0.25) is 0 Å². The standard InChI is InChI=1S/C12H19NO3/c1-5-9(10-7-6-8-15-10)13-11(14)16-12(2,3)4/h6-9H,5H2,1-4H3,(H,13,14). The van der Waals surface area contributed by atoms with Crippen molar-refractivity contribution in [1.29, 1.82) is 0 Å². The van der Waals surface area contributed by atoms with Crippen LogP contribution in [0.5, 0.6) is 0 Å². The lowest BCUT2D eigenvalue weighted by Gasteiger charge is -2.22. The molecule has 1 rings (SSSR count). The van der Waals surface area contributed by atoms with E-state index in [-0.39, 0.29) is 6.04 Å². The average molecular weight is 225 g/mol. The molecule has 0 fully saturated rings. The molecule has 1 N–H and O–H groups in total. The van der Waals surface area contributed by atoms with E-state index < -0.39 is 11.7 Å². The summed E-state index contributed by atoms with van der Waals surface area (Å²) in [6.45, 7) is 7.48. The summed E-state index contributed by atoms with van der Waals surface area (Å²) in [5.41, 5.74) is -0.481. The van der Waals surface area contributed by atoms with Crippen LogP contribution in [0.15, 0.2) is 22.8 Å². The zero-order valence-corrected chi connectivity index (χ0v) is 10.2. The Labute approximate surface area is 96.0 Å². The van der Waals surface area contributed by atoms with Gasteiger partial charge < -0.3 is 14.5 Å². The normalized spacial score (nSPS) is 13.2. The molecule has 90 valence electrons. The van der Waals surface area contributed by atoms with Crippen LogP contribution in [0.25, 0.3) is 0 Å². The molecular weight excluding hydrogens is 206 g/mol. The summed E-state index contributed by atoms with van der Waals surface area (Å²) in [6.07, 6.45) is 1.93. The Hall–Kier alpha value is -1.45. The van der Waals surface area contributed by atoms with Crippen LogP contribution < -0.4 is 5.32 Å². The van der Waals surface area contributed by atoms with Crippen LogP contribution in [0, 0.1) is 0 Å². The van der Waals surface area contributed by atoms with E-state index in [0.717, 1.165) is 12.2 Å². The van der Waals surface area contributed by atoms with E-state index in [1.54, 1.807) is 12.3 Å². The molecule has 1 unspecified atom stereocenters. The molecule has 0 radical (unpaired) electrons. The molecule has 16 heavy (non-hydrogen) atoms. The number of hydrogen-bond acceptors (Lipinski definition) is 3. The second-order valence-electron chi connectivity index (χ2n) is 4.62. The van der Waals surface area contributed by atoms with E-state index in [2.05, 4.69) is 5.32 Å². The van der Waals surface area contributed by atoms with Gasteiger partial charge in [-0.1, -0.05) is 6.92 Å². The fourth-order valence-electron chi connectivity index (χ4n) is 1.31. The molecule has 0 aliphatic carbocycles. The van der Waals surface area contributed by atoms with Gasteiger partial charge in [0.15, 0.2) is 0 Å². The molecule has 1 atom stereocenters. The SMILES string of the molecule is CCC(NC(=O)OC(C)(C)C)c1ccco1. The fourth-order valence-corrected chi connectivity index (χ4v) is 1.31. The number of rotatable bonds is 3. The minimum Gasteiger partial charge on any atom is -0.467 e. The Morgan fingerprint density at radius 3 is 2.69 bits per heavy atom. The van der Waals surface area contributed by atoms with E-state index in [1.165, 1.54) is 0 Å². The largest absolute Gasteiger partial charge is 0.467 e. The fraction of sp³-hybridized carbons (Fsp3) is 0.583. The Bertz CT molecular complexity index is 325. The van der Waals surface area contributed by atoms with Crippen molar-refractivity contribution in [2.75, 3.05) is 0 Å². The summed E-state index contributed by atoms with van der Waals surface area (Å²) < 4.78 is 10.4. The molecular formula is C12H19NO3. The predicted octanol–water partition coefficient (Wildman–Crippen LogP) is 3.26. The maximum absolute atomic E-state index is 11.5. The Kier molecular flexibility index (Phi) is 3.99. The third kappa shape index (κ3) is 3.96. The summed E-state index contributed by atoms with van der Waals surface area (Å²) in [6, 6.07) is 3.50. The van der Waals surface area contributed by atoms with Crippen molar-refractivity contribution in [1.82, 2.24) is 5.32 Å². The molecule has 0 aromatic carbocycles. The van der Waals surface area contributed by atoms with Crippen LogP contribution in [-0.4, -0.2) is 11.7 Å². The third-order valence-corrected chi connectivity index (χ3v) is 1.99. The van der Waals surface area contributed by atoms with Crippen LogP contribution in [-0.2, 0) is 4.74 Å². The van der Waals surface area contributed by atoms with Crippen molar-refractivity contribution in [3.63, 3.8) is 0 Å². The van der Waals surface area contributed by atoms with Gasteiger partial charge >= 0.3 is 6.09 Å². The van der Waals surface area contributed by atoms with Crippen molar-refractivity contribution in [2.24, 2.45) is 0 Å². The van der Waals surface area contributed by atoms with E-state index in [1.807, 2.05) is 33.8 Å². The van der Waals surface area contributed by atoms with Gasteiger partial charge in [0, 0.05) is 0 Å². The van der Waals surface area contributed by atoms with E-state index in [9.17, 15) is 4.79 Å². The molecule has 1 aromatic rings. The number of amides is 1. The molecule has 0 saturated carbocycles. The smallest absolute Gasteiger partial charge is 0.408 e. The highest BCUT2D eigenvalue weighted by Gasteiger charge is 2.20. The number of ether oxygens (including phenoxy) is 1. The summed E-state index contributed by atoms with van der Waals surface area (Å²) >= 11 is 0. The predicted molar refractivity (Wildman–Crippen MR) is 61.1 cm³/mol. The van der Waals surface area contributed by atoms with Crippen LogP contribution in [0.2, 0.25) is 0 Å². The molecule has 0 spiro atoms. The lowest BCUT2D eigenvalue weighted by Crippen LogP contribution is -2.34. The van der Waals surface area contributed by atoms with Crippen molar-refractivity contribution < 1.29 is 13.9 Å². The molecule has 4 nitrogen and oxygen atoms in total. The van der Waals surface area contributed by atoms with Crippen LogP contribution in [0.1, 0.15) is 45.9 Å². The number of furan rings is 1. The highest BCUT2D eigenvalue weighted by molar-refractivity contribution is 5.68. The van der Waals surface area contributed by atoms with Gasteiger partial charge in [0.2, 0.25) is 0 Å². The second-order valence-corrected chi connectivity index (χ2v) is 4.62. The maximum atomic E-state index is 11.5. The topological polar surface area (TPSA) is 51.5 Å². The van der Waals surface area contributed by atoms with Crippen LogP contribution in [0.3, 0.4) is 0 Å². The molecule has 1 heterocycles. The van der Waals surface area contributed by atoms with E-state index in [0.29, 0.717) is 0 Å². The average Bonchev–Trinajstić information content (AvgIpc) is 2.63. The number of carbonyl (C=O) groups excluding carboxylic acids is 1. The number of alkyl carbamates (subject to hydrolysis) is 1. The number of hydrogen-bond donors (Lipinski definition) is 1. The Morgan fingerprint density at radius 1 is 1.56 bits per heavy atom. The minimum absolute atomic E-state index is 0.134. The molecule has 0 aliphatic rings. The first-order valence-corrected chi connectivity index (χ1v) is 5.45. The highest BCUT2D eigenvalue weighted by atomic mass is 16.6. The van der Waals surface area contributed by atoms with Crippen molar-refractivity contribution in [3.8, 4) is 0 Å². The first kappa shape index (κ1) is 12.6. The first-order chi connectivity index (χ1) is 7.42. The number of carbonyl (C=O) groups is 1. The van der Waals surface area contributed by atoms with Gasteiger partial charge in [0.05, 0.1) is 12.3 Å². The van der Waals surface area contributed by atoms with E-state index in [4.69, 9.17) is 9.15 Å². The molecule has 0 aliphatic heterocycles. The van der Waals surface area contributed by atoms with Crippen LogP contribution >= 0.6 is 0 Å². The quantitative estimate of drug-likeness (QED) is 0.859. The third-order valence-electron chi connectivity index (χ3n) is 1.99. The van der Waals surface area contributed by atoms with Gasteiger partial charge in [-0.2, -0.15) is 0 Å². The summed E-state index contributed by atoms with van der Waals surface area (Å²) in [4.78, 5) is 11.5. The van der Waals surface area contributed by atoms with Gasteiger partial charge in [-0.25, -0.2) is 4.79 Å². The first-order valence-electron chi connectivity index (χ1n) is 5.45. The summed E-state index contributed by atoms with van der Waals surface area (Å²) in [7, 11) is 0. The molecule has 1 aromatic heterocycles. The van der Waals surface area contributed by atoms with Crippen LogP contribution in [0.4, 0.5) is 4.79 Å². The van der Waals surface area contributed by atoms with Gasteiger partial charge in [-0.05, 0) is 39.3 Å². The Balaban J connectivity index is 2.55. The number of nitrogens with one attached hydrogen (secondary N) is 1.